The second kappa shape index (κ2) is 2.83. The van der Waals surface area contributed by atoms with Gasteiger partial charge in [0.1, 0.15) is 12.2 Å². The van der Waals surface area contributed by atoms with Gasteiger partial charge in [-0.3, -0.25) is 0 Å². The second-order valence-corrected chi connectivity index (χ2v) is 3.35. The summed E-state index contributed by atoms with van der Waals surface area (Å²) in [6.45, 7) is 3.97. The Hall–Kier alpha value is -1.38. The van der Waals surface area contributed by atoms with E-state index in [9.17, 15) is 0 Å². The Morgan fingerprint density at radius 1 is 1.08 bits per heavy atom. The van der Waals surface area contributed by atoms with Gasteiger partial charge in [0, 0.05) is 11.8 Å². The molecule has 0 fully saturated rings. The molecule has 0 amide bonds. The molecule has 0 aromatic heterocycles. The molecule has 0 saturated heterocycles. The van der Waals surface area contributed by atoms with Gasteiger partial charge in [-0.15, -0.1) is 0 Å². The molecular weight excluding hydrogens is 166 g/mol. The van der Waals surface area contributed by atoms with Crippen LogP contribution in [0.5, 0.6) is 11.5 Å². The van der Waals surface area contributed by atoms with Gasteiger partial charge < -0.3 is 15.2 Å². The van der Waals surface area contributed by atoms with Crippen LogP contribution in [0.25, 0.3) is 0 Å². The van der Waals surface area contributed by atoms with E-state index in [4.69, 9.17) is 15.2 Å². The van der Waals surface area contributed by atoms with Crippen molar-refractivity contribution in [2.24, 2.45) is 0 Å². The number of rotatable bonds is 0. The molecule has 1 heterocycles. The van der Waals surface area contributed by atoms with Gasteiger partial charge in [-0.2, -0.15) is 0 Å². The van der Waals surface area contributed by atoms with Gasteiger partial charge in [-0.05, 0) is 26.0 Å². The molecule has 1 aromatic rings. The Morgan fingerprint density at radius 3 is 2.38 bits per heavy atom. The number of benzene rings is 1. The molecule has 0 radical (unpaired) electrons. The third-order valence-corrected chi connectivity index (χ3v) is 2.25. The molecule has 0 bridgehead atoms. The van der Waals surface area contributed by atoms with Gasteiger partial charge in [-0.25, -0.2) is 0 Å². The van der Waals surface area contributed by atoms with Crippen LogP contribution in [0, 0.1) is 0 Å². The topological polar surface area (TPSA) is 44.5 Å². The zero-order valence-electron chi connectivity index (χ0n) is 7.78. The van der Waals surface area contributed by atoms with E-state index in [0.717, 1.165) is 11.5 Å². The Labute approximate surface area is 77.5 Å². The summed E-state index contributed by atoms with van der Waals surface area (Å²) >= 11 is 0. The lowest BCUT2D eigenvalue weighted by molar-refractivity contribution is 0.0430. The largest absolute Gasteiger partial charge is 0.483 e. The average molecular weight is 179 g/mol. The van der Waals surface area contributed by atoms with E-state index in [1.165, 1.54) is 0 Å². The summed E-state index contributed by atoms with van der Waals surface area (Å²) in [5.41, 5.74) is 6.32. The molecule has 3 heteroatoms. The second-order valence-electron chi connectivity index (χ2n) is 3.35. The Kier molecular flexibility index (Phi) is 1.79. The van der Waals surface area contributed by atoms with Gasteiger partial charge in [0.05, 0.1) is 0 Å². The van der Waals surface area contributed by atoms with Crippen molar-refractivity contribution in [2.75, 3.05) is 5.73 Å². The molecule has 3 nitrogen and oxygen atoms in total. The van der Waals surface area contributed by atoms with E-state index in [0.29, 0.717) is 5.69 Å². The molecule has 1 aliphatic heterocycles. The Balaban J connectivity index is 2.37. The van der Waals surface area contributed by atoms with Crippen molar-refractivity contribution < 1.29 is 9.47 Å². The number of anilines is 1. The average Bonchev–Trinajstić information content (AvgIpc) is 2.08. The maximum Gasteiger partial charge on any atom is 0.163 e. The van der Waals surface area contributed by atoms with Crippen molar-refractivity contribution in [3.8, 4) is 11.5 Å². The molecule has 0 aliphatic carbocycles. The Morgan fingerprint density at radius 2 is 1.69 bits per heavy atom. The fourth-order valence-corrected chi connectivity index (χ4v) is 1.31. The first-order valence-corrected chi connectivity index (χ1v) is 4.39. The van der Waals surface area contributed by atoms with Crippen LogP contribution in [-0.4, -0.2) is 12.2 Å². The molecule has 13 heavy (non-hydrogen) atoms. The molecule has 2 N–H and O–H groups in total. The van der Waals surface area contributed by atoms with Crippen LogP contribution in [-0.2, 0) is 0 Å². The van der Waals surface area contributed by atoms with Gasteiger partial charge in [-0.1, -0.05) is 0 Å². The minimum absolute atomic E-state index is 0.0781. The summed E-state index contributed by atoms with van der Waals surface area (Å²) in [6.07, 6.45) is 0.172. The normalized spacial score (nSPS) is 25.7. The van der Waals surface area contributed by atoms with Crippen LogP contribution in [0.1, 0.15) is 13.8 Å². The predicted octanol–water partition coefficient (Wildman–Crippen LogP) is 1.82. The molecule has 1 aliphatic rings. The standard InChI is InChI=1S/C10H13NO2/c1-6-7(2)13-10-5-8(11)3-4-9(10)12-6/h3-7H,11H2,1-2H3. The van der Waals surface area contributed by atoms with Gasteiger partial charge in [0.2, 0.25) is 0 Å². The molecule has 0 spiro atoms. The van der Waals surface area contributed by atoms with Crippen LogP contribution in [0.15, 0.2) is 18.2 Å². The lowest BCUT2D eigenvalue weighted by atomic mass is 10.2. The van der Waals surface area contributed by atoms with E-state index in [1.54, 1.807) is 6.07 Å². The molecule has 0 saturated carbocycles. The fourth-order valence-electron chi connectivity index (χ4n) is 1.31. The van der Waals surface area contributed by atoms with Crippen molar-refractivity contribution in [1.82, 2.24) is 0 Å². The lowest BCUT2D eigenvalue weighted by Crippen LogP contribution is -2.34. The summed E-state index contributed by atoms with van der Waals surface area (Å²) in [6, 6.07) is 5.44. The number of nitrogens with two attached hydrogens (primary N) is 1. The van der Waals surface area contributed by atoms with Gasteiger partial charge in [0.25, 0.3) is 0 Å². The molecule has 2 atom stereocenters. The van der Waals surface area contributed by atoms with Crippen molar-refractivity contribution in [2.45, 2.75) is 26.1 Å². The van der Waals surface area contributed by atoms with Gasteiger partial charge in [0.15, 0.2) is 11.5 Å². The number of hydrogen-bond acceptors (Lipinski definition) is 3. The van der Waals surface area contributed by atoms with Crippen molar-refractivity contribution in [3.63, 3.8) is 0 Å². The summed E-state index contributed by atoms with van der Waals surface area (Å²) < 4.78 is 11.2. The first kappa shape index (κ1) is 8.23. The van der Waals surface area contributed by atoms with Crippen LogP contribution >= 0.6 is 0 Å². The summed E-state index contributed by atoms with van der Waals surface area (Å²) in [5.74, 6) is 1.52. The third kappa shape index (κ3) is 1.41. The van der Waals surface area contributed by atoms with Gasteiger partial charge >= 0.3 is 0 Å². The first-order valence-electron chi connectivity index (χ1n) is 4.39. The first-order chi connectivity index (χ1) is 6.16. The molecule has 2 rings (SSSR count). The maximum atomic E-state index is 5.63. The lowest BCUT2D eigenvalue weighted by Gasteiger charge is -2.29. The van der Waals surface area contributed by atoms with Crippen molar-refractivity contribution in [3.05, 3.63) is 18.2 Å². The van der Waals surface area contributed by atoms with Crippen LogP contribution in [0.4, 0.5) is 5.69 Å². The van der Waals surface area contributed by atoms with E-state index in [2.05, 4.69) is 0 Å². The zero-order chi connectivity index (χ0) is 9.42. The van der Waals surface area contributed by atoms with E-state index in [-0.39, 0.29) is 12.2 Å². The predicted molar refractivity (Wildman–Crippen MR) is 51.0 cm³/mol. The van der Waals surface area contributed by atoms with Crippen molar-refractivity contribution in [1.29, 1.82) is 0 Å². The van der Waals surface area contributed by atoms with E-state index >= 15 is 0 Å². The molecule has 1 aromatic carbocycles. The number of nitrogen functional groups attached to an aromatic ring is 1. The Bertz CT molecular complexity index is 325. The smallest absolute Gasteiger partial charge is 0.163 e. The third-order valence-electron chi connectivity index (χ3n) is 2.25. The minimum atomic E-state index is 0.0781. The molecule has 70 valence electrons. The summed E-state index contributed by atoms with van der Waals surface area (Å²) in [7, 11) is 0. The van der Waals surface area contributed by atoms with Crippen LogP contribution in [0.2, 0.25) is 0 Å². The maximum absolute atomic E-state index is 5.63. The minimum Gasteiger partial charge on any atom is -0.483 e. The monoisotopic (exact) mass is 179 g/mol. The molecular formula is C10H13NO2. The SMILES string of the molecule is CC1Oc2ccc(N)cc2OC1C. The quantitative estimate of drug-likeness (QED) is 0.618. The summed E-state index contributed by atoms with van der Waals surface area (Å²) in [4.78, 5) is 0. The number of fused-ring (bicyclic) bond motifs is 1. The van der Waals surface area contributed by atoms with Crippen LogP contribution < -0.4 is 15.2 Å². The van der Waals surface area contributed by atoms with Crippen LogP contribution in [0.3, 0.4) is 0 Å². The number of ether oxygens (including phenoxy) is 2. The number of hydrogen-bond donors (Lipinski definition) is 1. The summed E-state index contributed by atoms with van der Waals surface area (Å²) in [5, 5.41) is 0. The highest BCUT2D eigenvalue weighted by atomic mass is 16.6. The zero-order valence-corrected chi connectivity index (χ0v) is 7.78. The van der Waals surface area contributed by atoms with Crippen molar-refractivity contribution >= 4 is 5.69 Å². The fraction of sp³-hybridized carbons (Fsp3) is 0.400. The highest BCUT2D eigenvalue weighted by molar-refractivity contribution is 5.52. The highest BCUT2D eigenvalue weighted by Crippen LogP contribution is 2.35. The van der Waals surface area contributed by atoms with E-state index in [1.807, 2.05) is 26.0 Å². The highest BCUT2D eigenvalue weighted by Gasteiger charge is 2.23. The molecule has 2 unspecified atom stereocenters. The van der Waals surface area contributed by atoms with E-state index < -0.39 is 0 Å².